The number of rotatable bonds is 1. The van der Waals surface area contributed by atoms with Crippen LogP contribution < -0.4 is 5.32 Å². The normalized spacial score (nSPS) is 20.7. The number of nitrogens with zero attached hydrogens (tertiary/aromatic N) is 2. The Morgan fingerprint density at radius 1 is 1.29 bits per heavy atom. The molecule has 1 fully saturated rings. The van der Waals surface area contributed by atoms with Gasteiger partial charge in [-0.1, -0.05) is 42.6 Å². The number of benzene rings is 1. The fourth-order valence-electron chi connectivity index (χ4n) is 3.04. The summed E-state index contributed by atoms with van der Waals surface area (Å²) >= 11 is 7.86. The number of aliphatic imine (C=N–C) groups is 1. The molecule has 1 saturated carbocycles. The SMILES string of the molecule is N#Cc1ccc(NC2=NCC3(CCCCC3)CS2)cc1Cl. The zero-order valence-electron chi connectivity index (χ0n) is 11.9. The van der Waals surface area contributed by atoms with Gasteiger partial charge in [0.15, 0.2) is 5.17 Å². The maximum absolute atomic E-state index is 8.89. The fourth-order valence-corrected chi connectivity index (χ4v) is 4.43. The molecule has 0 amide bonds. The third kappa shape index (κ3) is 3.36. The van der Waals surface area contributed by atoms with Gasteiger partial charge in [0.2, 0.25) is 0 Å². The predicted octanol–water partition coefficient (Wildman–Crippen LogP) is 4.68. The molecule has 1 aromatic carbocycles. The molecule has 0 bridgehead atoms. The Bertz CT molecular complexity index is 600. The lowest BCUT2D eigenvalue weighted by atomic mass is 9.75. The molecule has 0 radical (unpaired) electrons. The lowest BCUT2D eigenvalue weighted by Gasteiger charge is -2.38. The molecular formula is C16H18ClN3S. The first-order valence-electron chi connectivity index (χ1n) is 7.35. The van der Waals surface area contributed by atoms with Crippen molar-refractivity contribution in [2.24, 2.45) is 10.4 Å². The quantitative estimate of drug-likeness (QED) is 0.817. The number of thioether (sulfide) groups is 1. The summed E-state index contributed by atoms with van der Waals surface area (Å²) in [5.74, 6) is 1.16. The number of anilines is 1. The molecule has 1 aromatic rings. The van der Waals surface area contributed by atoms with Crippen LogP contribution in [-0.2, 0) is 0 Å². The van der Waals surface area contributed by atoms with Gasteiger partial charge >= 0.3 is 0 Å². The van der Waals surface area contributed by atoms with E-state index in [1.165, 1.54) is 32.1 Å². The van der Waals surface area contributed by atoms with E-state index in [0.717, 1.165) is 23.2 Å². The van der Waals surface area contributed by atoms with Crippen LogP contribution in [0.2, 0.25) is 5.02 Å². The fraction of sp³-hybridized carbons (Fsp3) is 0.500. The van der Waals surface area contributed by atoms with Crippen molar-refractivity contribution in [3.8, 4) is 6.07 Å². The summed E-state index contributed by atoms with van der Waals surface area (Å²) in [5, 5.41) is 13.6. The number of hydrogen-bond donors (Lipinski definition) is 1. The van der Waals surface area contributed by atoms with E-state index in [1.54, 1.807) is 12.1 Å². The highest BCUT2D eigenvalue weighted by Gasteiger charge is 2.34. The van der Waals surface area contributed by atoms with E-state index in [0.29, 0.717) is 16.0 Å². The molecule has 1 aliphatic heterocycles. The molecule has 2 aliphatic rings. The van der Waals surface area contributed by atoms with Crippen molar-refractivity contribution in [2.45, 2.75) is 32.1 Å². The standard InChI is InChI=1S/C16H18ClN3S/c17-14-8-13(5-4-12(14)9-18)20-15-19-10-16(11-21-15)6-2-1-3-7-16/h4-5,8H,1-3,6-7,10-11H2,(H,19,20). The van der Waals surface area contributed by atoms with E-state index < -0.39 is 0 Å². The van der Waals surface area contributed by atoms with Gasteiger partial charge in [0.05, 0.1) is 10.6 Å². The zero-order valence-corrected chi connectivity index (χ0v) is 13.4. The summed E-state index contributed by atoms with van der Waals surface area (Å²) in [6, 6.07) is 7.47. The number of hydrogen-bond acceptors (Lipinski definition) is 4. The smallest absolute Gasteiger partial charge is 0.161 e. The number of amidine groups is 1. The zero-order chi connectivity index (χ0) is 14.7. The molecule has 5 heteroatoms. The molecule has 110 valence electrons. The van der Waals surface area contributed by atoms with Crippen LogP contribution in [0, 0.1) is 16.7 Å². The van der Waals surface area contributed by atoms with E-state index in [2.05, 4.69) is 11.4 Å². The van der Waals surface area contributed by atoms with Crippen LogP contribution in [0.3, 0.4) is 0 Å². The third-order valence-corrected chi connectivity index (χ3v) is 5.90. The minimum Gasteiger partial charge on any atom is -0.335 e. The van der Waals surface area contributed by atoms with Gasteiger partial charge in [0.25, 0.3) is 0 Å². The first kappa shape index (κ1) is 14.7. The molecule has 1 spiro atoms. The van der Waals surface area contributed by atoms with Crippen LogP contribution in [0.1, 0.15) is 37.7 Å². The summed E-state index contributed by atoms with van der Waals surface area (Å²) in [6.07, 6.45) is 6.72. The van der Waals surface area contributed by atoms with Crippen LogP contribution in [0.4, 0.5) is 5.69 Å². The van der Waals surface area contributed by atoms with Gasteiger partial charge in [-0.25, -0.2) is 0 Å². The Labute approximate surface area is 134 Å². The second-order valence-electron chi connectivity index (χ2n) is 5.90. The Balaban J connectivity index is 1.66. The van der Waals surface area contributed by atoms with Crippen molar-refractivity contribution in [3.05, 3.63) is 28.8 Å². The van der Waals surface area contributed by atoms with Crippen LogP contribution >= 0.6 is 23.4 Å². The average Bonchev–Trinajstić information content (AvgIpc) is 2.51. The second-order valence-corrected chi connectivity index (χ2v) is 7.27. The monoisotopic (exact) mass is 319 g/mol. The Hall–Kier alpha value is -1.18. The molecule has 0 aromatic heterocycles. The van der Waals surface area contributed by atoms with Gasteiger partial charge in [-0.2, -0.15) is 5.26 Å². The molecule has 0 saturated heterocycles. The number of nitrogens with one attached hydrogen (secondary N) is 1. The van der Waals surface area contributed by atoms with Crippen LogP contribution in [0.25, 0.3) is 0 Å². The van der Waals surface area contributed by atoms with Crippen molar-refractivity contribution in [3.63, 3.8) is 0 Å². The van der Waals surface area contributed by atoms with Crippen LogP contribution in [-0.4, -0.2) is 17.5 Å². The Morgan fingerprint density at radius 3 is 2.71 bits per heavy atom. The lowest BCUT2D eigenvalue weighted by Crippen LogP contribution is -2.35. The highest BCUT2D eigenvalue weighted by molar-refractivity contribution is 8.14. The van der Waals surface area contributed by atoms with Gasteiger partial charge in [-0.3, -0.25) is 4.99 Å². The predicted molar refractivity (Wildman–Crippen MR) is 90.1 cm³/mol. The van der Waals surface area contributed by atoms with Crippen molar-refractivity contribution < 1.29 is 0 Å². The maximum atomic E-state index is 8.89. The summed E-state index contributed by atoms with van der Waals surface area (Å²) in [5.41, 5.74) is 1.84. The van der Waals surface area contributed by atoms with Gasteiger partial charge in [-0.15, -0.1) is 0 Å². The molecule has 21 heavy (non-hydrogen) atoms. The first-order chi connectivity index (χ1) is 10.2. The molecule has 0 atom stereocenters. The highest BCUT2D eigenvalue weighted by Crippen LogP contribution is 2.42. The third-order valence-electron chi connectivity index (χ3n) is 4.33. The Kier molecular flexibility index (Phi) is 4.42. The van der Waals surface area contributed by atoms with Crippen LogP contribution in [0.15, 0.2) is 23.2 Å². The van der Waals surface area contributed by atoms with Gasteiger partial charge < -0.3 is 5.32 Å². The van der Waals surface area contributed by atoms with E-state index in [1.807, 2.05) is 17.8 Å². The first-order valence-corrected chi connectivity index (χ1v) is 8.71. The van der Waals surface area contributed by atoms with E-state index in [-0.39, 0.29) is 0 Å². The van der Waals surface area contributed by atoms with Crippen molar-refractivity contribution >= 4 is 34.2 Å². The van der Waals surface area contributed by atoms with Gasteiger partial charge in [0.1, 0.15) is 6.07 Å². The molecule has 3 nitrogen and oxygen atoms in total. The van der Waals surface area contributed by atoms with E-state index in [9.17, 15) is 0 Å². The summed E-state index contributed by atoms with van der Waals surface area (Å²) in [4.78, 5) is 4.73. The highest BCUT2D eigenvalue weighted by atomic mass is 35.5. The van der Waals surface area contributed by atoms with Crippen molar-refractivity contribution in [2.75, 3.05) is 17.6 Å². The Morgan fingerprint density at radius 2 is 2.10 bits per heavy atom. The average molecular weight is 320 g/mol. The molecule has 3 rings (SSSR count). The molecule has 1 aliphatic carbocycles. The summed E-state index contributed by atoms with van der Waals surface area (Å²) in [7, 11) is 0. The minimum absolute atomic E-state index is 0.441. The lowest BCUT2D eigenvalue weighted by molar-refractivity contribution is 0.232. The molecular weight excluding hydrogens is 302 g/mol. The summed E-state index contributed by atoms with van der Waals surface area (Å²) in [6.45, 7) is 0.937. The second kappa shape index (κ2) is 6.29. The van der Waals surface area contributed by atoms with E-state index in [4.69, 9.17) is 21.9 Å². The summed E-state index contributed by atoms with van der Waals surface area (Å²) < 4.78 is 0. The largest absolute Gasteiger partial charge is 0.335 e. The number of nitriles is 1. The maximum Gasteiger partial charge on any atom is 0.161 e. The topological polar surface area (TPSA) is 48.2 Å². The molecule has 0 unspecified atom stereocenters. The molecule has 1 N–H and O–H groups in total. The number of halogens is 1. The van der Waals surface area contributed by atoms with Gasteiger partial charge in [-0.05, 0) is 36.5 Å². The van der Waals surface area contributed by atoms with Crippen molar-refractivity contribution in [1.29, 1.82) is 5.26 Å². The minimum atomic E-state index is 0.441. The van der Waals surface area contributed by atoms with Crippen LogP contribution in [0.5, 0.6) is 0 Å². The van der Waals surface area contributed by atoms with E-state index >= 15 is 0 Å². The van der Waals surface area contributed by atoms with Gasteiger partial charge in [0, 0.05) is 18.0 Å². The van der Waals surface area contributed by atoms with Crippen molar-refractivity contribution in [1.82, 2.24) is 0 Å². The molecule has 1 heterocycles.